The van der Waals surface area contributed by atoms with Crippen molar-refractivity contribution >= 4 is 17.7 Å². The molecule has 0 spiro atoms. The van der Waals surface area contributed by atoms with Gasteiger partial charge in [0.15, 0.2) is 0 Å². The third-order valence-electron chi connectivity index (χ3n) is 3.27. The molecule has 0 aromatic rings. The highest BCUT2D eigenvalue weighted by Gasteiger charge is 2.06. The molecule has 0 saturated carbocycles. The molecule has 0 bridgehead atoms. The normalized spacial score (nSPS) is 12.6. The zero-order valence-electron chi connectivity index (χ0n) is 12.1. The summed E-state index contributed by atoms with van der Waals surface area (Å²) in [6.07, 6.45) is 11.0. The summed E-state index contributed by atoms with van der Waals surface area (Å²) in [5.74, 6) is 2.15. The summed E-state index contributed by atoms with van der Waals surface area (Å²) >= 11 is 1.78. The summed E-state index contributed by atoms with van der Waals surface area (Å²) in [5, 5.41) is 8.52. The minimum atomic E-state index is -0.676. The van der Waals surface area contributed by atoms with Crippen LogP contribution in [0, 0.1) is 5.92 Å². The fourth-order valence-corrected chi connectivity index (χ4v) is 3.16. The average Bonchev–Trinajstić information content (AvgIpc) is 2.34. The highest BCUT2D eigenvalue weighted by atomic mass is 32.2. The monoisotopic (exact) mass is 274 g/mol. The van der Waals surface area contributed by atoms with E-state index in [0.717, 1.165) is 17.4 Å². The standard InChI is InChI=1S/C15H30O2S/c1-3-5-9-14(8-4-2)10-6-7-12-18-13-11-15(16)17/h14H,3-13H2,1-2H3,(H,16,17). The Morgan fingerprint density at radius 3 is 2.33 bits per heavy atom. The lowest BCUT2D eigenvalue weighted by Gasteiger charge is -2.15. The number of hydrogen-bond acceptors (Lipinski definition) is 2. The maximum atomic E-state index is 10.3. The lowest BCUT2D eigenvalue weighted by atomic mass is 9.92. The van der Waals surface area contributed by atoms with Crippen LogP contribution < -0.4 is 0 Å². The van der Waals surface area contributed by atoms with Gasteiger partial charge in [-0.05, 0) is 18.1 Å². The van der Waals surface area contributed by atoms with E-state index >= 15 is 0 Å². The van der Waals surface area contributed by atoms with Gasteiger partial charge in [0, 0.05) is 5.75 Å². The van der Waals surface area contributed by atoms with Crippen molar-refractivity contribution < 1.29 is 9.90 Å². The van der Waals surface area contributed by atoms with Crippen LogP contribution in [0.15, 0.2) is 0 Å². The number of carbonyl (C=O) groups is 1. The zero-order valence-corrected chi connectivity index (χ0v) is 12.9. The van der Waals surface area contributed by atoms with E-state index in [1.165, 1.54) is 51.4 Å². The Labute approximate surface area is 117 Å². The van der Waals surface area contributed by atoms with Crippen LogP contribution in [0.3, 0.4) is 0 Å². The van der Waals surface area contributed by atoms with E-state index in [1.54, 1.807) is 11.8 Å². The first kappa shape index (κ1) is 17.8. The maximum absolute atomic E-state index is 10.3. The zero-order chi connectivity index (χ0) is 13.6. The number of aliphatic carboxylic acids is 1. The summed E-state index contributed by atoms with van der Waals surface area (Å²) in [6, 6.07) is 0. The van der Waals surface area contributed by atoms with E-state index < -0.39 is 5.97 Å². The third-order valence-corrected chi connectivity index (χ3v) is 4.34. The highest BCUT2D eigenvalue weighted by molar-refractivity contribution is 7.99. The minimum Gasteiger partial charge on any atom is -0.481 e. The number of unbranched alkanes of at least 4 members (excludes halogenated alkanes) is 2. The Morgan fingerprint density at radius 1 is 1.00 bits per heavy atom. The maximum Gasteiger partial charge on any atom is 0.304 e. The second kappa shape index (κ2) is 13.3. The van der Waals surface area contributed by atoms with Gasteiger partial charge in [-0.3, -0.25) is 4.79 Å². The molecule has 18 heavy (non-hydrogen) atoms. The Hall–Kier alpha value is -0.180. The molecule has 1 atom stereocenters. The van der Waals surface area contributed by atoms with Gasteiger partial charge < -0.3 is 5.11 Å². The van der Waals surface area contributed by atoms with Crippen molar-refractivity contribution in [2.75, 3.05) is 11.5 Å². The van der Waals surface area contributed by atoms with E-state index in [-0.39, 0.29) is 0 Å². The van der Waals surface area contributed by atoms with Crippen molar-refractivity contribution in [2.24, 2.45) is 5.92 Å². The summed E-state index contributed by atoms with van der Waals surface area (Å²) < 4.78 is 0. The van der Waals surface area contributed by atoms with Gasteiger partial charge >= 0.3 is 5.97 Å². The Balaban J connectivity index is 3.39. The predicted octanol–water partition coefficient (Wildman–Crippen LogP) is 4.97. The van der Waals surface area contributed by atoms with Crippen LogP contribution in [-0.2, 0) is 4.79 Å². The van der Waals surface area contributed by atoms with Crippen LogP contribution >= 0.6 is 11.8 Å². The molecule has 0 aliphatic rings. The molecule has 0 aliphatic carbocycles. The highest BCUT2D eigenvalue weighted by Crippen LogP contribution is 2.21. The van der Waals surface area contributed by atoms with Gasteiger partial charge in [0.1, 0.15) is 0 Å². The second-order valence-electron chi connectivity index (χ2n) is 5.05. The molecule has 108 valence electrons. The molecule has 3 heteroatoms. The van der Waals surface area contributed by atoms with E-state index in [4.69, 9.17) is 5.11 Å². The van der Waals surface area contributed by atoms with Crippen LogP contribution in [-0.4, -0.2) is 22.6 Å². The molecule has 0 fully saturated rings. The fourth-order valence-electron chi connectivity index (χ4n) is 2.23. The van der Waals surface area contributed by atoms with Gasteiger partial charge in [0.05, 0.1) is 6.42 Å². The average molecular weight is 274 g/mol. The van der Waals surface area contributed by atoms with Gasteiger partial charge in [-0.2, -0.15) is 11.8 Å². The molecule has 0 heterocycles. The van der Waals surface area contributed by atoms with Gasteiger partial charge in [-0.15, -0.1) is 0 Å². The number of carboxylic acid groups (broad SMARTS) is 1. The fraction of sp³-hybridized carbons (Fsp3) is 0.933. The summed E-state index contributed by atoms with van der Waals surface area (Å²) in [7, 11) is 0. The van der Waals surface area contributed by atoms with Crippen LogP contribution in [0.1, 0.15) is 71.6 Å². The van der Waals surface area contributed by atoms with Crippen molar-refractivity contribution in [2.45, 2.75) is 71.6 Å². The molecule has 0 saturated heterocycles. The van der Waals surface area contributed by atoms with E-state index in [1.807, 2.05) is 0 Å². The molecule has 0 aromatic carbocycles. The number of thioether (sulfide) groups is 1. The Kier molecular flexibility index (Phi) is 13.1. The van der Waals surface area contributed by atoms with Crippen LogP contribution in [0.2, 0.25) is 0 Å². The minimum absolute atomic E-state index is 0.305. The van der Waals surface area contributed by atoms with Gasteiger partial charge in [0.2, 0.25) is 0 Å². The van der Waals surface area contributed by atoms with Crippen LogP contribution in [0.25, 0.3) is 0 Å². The van der Waals surface area contributed by atoms with Gasteiger partial charge in [-0.25, -0.2) is 0 Å². The lowest BCUT2D eigenvalue weighted by molar-refractivity contribution is -0.136. The van der Waals surface area contributed by atoms with E-state index in [2.05, 4.69) is 13.8 Å². The van der Waals surface area contributed by atoms with Crippen molar-refractivity contribution in [3.05, 3.63) is 0 Å². The van der Waals surface area contributed by atoms with Crippen molar-refractivity contribution in [1.82, 2.24) is 0 Å². The van der Waals surface area contributed by atoms with E-state index in [0.29, 0.717) is 6.42 Å². The quantitative estimate of drug-likeness (QED) is 0.482. The lowest BCUT2D eigenvalue weighted by Crippen LogP contribution is -2.01. The molecule has 1 N–H and O–H groups in total. The summed E-state index contributed by atoms with van der Waals surface area (Å²) in [5.41, 5.74) is 0. The SMILES string of the molecule is CCCCC(CCC)CCCCSCCC(=O)O. The number of hydrogen-bond donors (Lipinski definition) is 1. The number of carboxylic acids is 1. The summed E-state index contributed by atoms with van der Waals surface area (Å²) in [6.45, 7) is 4.54. The third kappa shape index (κ3) is 12.3. The molecule has 1 unspecified atom stereocenters. The molecule has 0 radical (unpaired) electrons. The van der Waals surface area contributed by atoms with Crippen molar-refractivity contribution in [1.29, 1.82) is 0 Å². The van der Waals surface area contributed by atoms with Crippen LogP contribution in [0.5, 0.6) is 0 Å². The summed E-state index contributed by atoms with van der Waals surface area (Å²) in [4.78, 5) is 10.3. The molecule has 0 aromatic heterocycles. The Morgan fingerprint density at radius 2 is 1.72 bits per heavy atom. The second-order valence-corrected chi connectivity index (χ2v) is 6.27. The number of rotatable bonds is 13. The largest absolute Gasteiger partial charge is 0.481 e. The van der Waals surface area contributed by atoms with Gasteiger partial charge in [0.25, 0.3) is 0 Å². The van der Waals surface area contributed by atoms with Crippen molar-refractivity contribution in [3.8, 4) is 0 Å². The first-order valence-electron chi connectivity index (χ1n) is 7.50. The topological polar surface area (TPSA) is 37.3 Å². The molecule has 0 aliphatic heterocycles. The van der Waals surface area contributed by atoms with Crippen molar-refractivity contribution in [3.63, 3.8) is 0 Å². The first-order valence-corrected chi connectivity index (χ1v) is 8.65. The smallest absolute Gasteiger partial charge is 0.304 e. The van der Waals surface area contributed by atoms with Gasteiger partial charge in [-0.1, -0.05) is 58.8 Å². The molecule has 0 rings (SSSR count). The van der Waals surface area contributed by atoms with Crippen LogP contribution in [0.4, 0.5) is 0 Å². The van der Waals surface area contributed by atoms with E-state index in [9.17, 15) is 4.79 Å². The predicted molar refractivity (Wildman–Crippen MR) is 81.4 cm³/mol. The Bertz CT molecular complexity index is 195. The molecular formula is C15H30O2S. The first-order chi connectivity index (χ1) is 8.70. The molecule has 2 nitrogen and oxygen atoms in total. The molecule has 0 amide bonds. The molecular weight excluding hydrogens is 244 g/mol.